The van der Waals surface area contributed by atoms with Gasteiger partial charge >= 0.3 is 0 Å². The highest BCUT2D eigenvalue weighted by Gasteiger charge is 2.62. The number of hydrogen-bond acceptors (Lipinski definition) is 9. The smallest absolute Gasteiger partial charge is 0.281 e. The van der Waals surface area contributed by atoms with Crippen LogP contribution < -0.4 is 24.7 Å². The molecule has 2 aromatic rings. The zero-order chi connectivity index (χ0) is 36.1. The van der Waals surface area contributed by atoms with Crippen molar-refractivity contribution >= 4 is 38.5 Å². The molecule has 276 valence electrons. The van der Waals surface area contributed by atoms with Crippen molar-refractivity contribution in [1.82, 2.24) is 14.6 Å². The van der Waals surface area contributed by atoms with Gasteiger partial charge in [-0.1, -0.05) is 18.6 Å². The number of carbonyl (C=O) groups is 3. The highest BCUT2D eigenvalue weighted by atomic mass is 32.2. The van der Waals surface area contributed by atoms with Crippen LogP contribution in [0.25, 0.3) is 10.9 Å². The number of fused-ring (bicyclic) bond motifs is 3. The minimum atomic E-state index is -3.89. The molecule has 0 spiro atoms. The second kappa shape index (κ2) is 13.7. The molecule has 51 heavy (non-hydrogen) atoms. The summed E-state index contributed by atoms with van der Waals surface area (Å²) in [5.41, 5.74) is 4.54. The van der Waals surface area contributed by atoms with Crippen LogP contribution >= 0.6 is 0 Å². The Kier molecular flexibility index (Phi) is 9.58. The van der Waals surface area contributed by atoms with Gasteiger partial charge in [-0.15, -0.1) is 0 Å². The van der Waals surface area contributed by atoms with Gasteiger partial charge in [-0.3, -0.25) is 19.1 Å². The van der Waals surface area contributed by atoms with Crippen LogP contribution in [0.3, 0.4) is 0 Å². The lowest BCUT2D eigenvalue weighted by Gasteiger charge is -2.27. The van der Waals surface area contributed by atoms with Gasteiger partial charge in [0.1, 0.15) is 23.7 Å². The fraction of sp³-hybridized carbons (Fsp3) is 0.632. The summed E-state index contributed by atoms with van der Waals surface area (Å²) in [7, 11) is -2.28. The third-order valence-electron chi connectivity index (χ3n) is 11.9. The maximum Gasteiger partial charge on any atom is 0.281 e. The van der Waals surface area contributed by atoms with E-state index in [0.29, 0.717) is 48.6 Å². The number of rotatable bonds is 8. The summed E-state index contributed by atoms with van der Waals surface area (Å²) in [4.78, 5) is 48.6. The summed E-state index contributed by atoms with van der Waals surface area (Å²) in [5, 5.41) is 0.764. The third kappa shape index (κ3) is 6.95. The van der Waals surface area contributed by atoms with E-state index < -0.39 is 44.3 Å². The topological polar surface area (TPSA) is 169 Å². The minimum Gasteiger partial charge on any atom is -0.496 e. The number of allylic oxidation sites excluding steroid dienone is 2. The number of Topliss-reactive ketones (excluding diaryl/α,β-unsaturated/α-hetero) is 1. The molecule has 0 radical (unpaired) electrons. The first kappa shape index (κ1) is 35.7. The van der Waals surface area contributed by atoms with E-state index in [-0.39, 0.29) is 43.1 Å². The molecule has 5 atom stereocenters. The van der Waals surface area contributed by atoms with Gasteiger partial charge in [0.2, 0.25) is 21.8 Å². The highest BCUT2D eigenvalue weighted by Crippen LogP contribution is 2.57. The maximum absolute atomic E-state index is 14.4. The predicted molar refractivity (Wildman–Crippen MR) is 190 cm³/mol. The van der Waals surface area contributed by atoms with Gasteiger partial charge in [0.15, 0.2) is 11.8 Å². The number of quaternary nitrogens is 1. The van der Waals surface area contributed by atoms with Crippen LogP contribution in [0.4, 0.5) is 0 Å². The molecule has 4 fully saturated rings. The molecule has 7 rings (SSSR count). The lowest BCUT2D eigenvalue weighted by molar-refractivity contribution is -0.407. The second-order valence-corrected chi connectivity index (χ2v) is 17.9. The van der Waals surface area contributed by atoms with Crippen LogP contribution in [0.2, 0.25) is 0 Å². The Morgan fingerprint density at radius 2 is 1.82 bits per heavy atom. The first-order valence-electron chi connectivity index (χ1n) is 18.6. The fourth-order valence-electron chi connectivity index (χ4n) is 7.81. The molecular formula is C38H51N4O8S+. The quantitative estimate of drug-likeness (QED) is 0.384. The zero-order valence-corrected chi connectivity index (χ0v) is 30.8. The Labute approximate surface area is 299 Å². The first-order chi connectivity index (χ1) is 24.3. The summed E-state index contributed by atoms with van der Waals surface area (Å²) in [6.45, 7) is 3.75. The van der Waals surface area contributed by atoms with Crippen molar-refractivity contribution in [2.24, 2.45) is 11.3 Å². The van der Waals surface area contributed by atoms with Crippen LogP contribution in [0.5, 0.6) is 17.4 Å². The van der Waals surface area contributed by atoms with Crippen LogP contribution in [-0.2, 0) is 24.4 Å². The highest BCUT2D eigenvalue weighted by molar-refractivity contribution is 7.91. The lowest BCUT2D eigenvalue weighted by Crippen LogP contribution is -2.68. The third-order valence-corrected chi connectivity index (χ3v) is 14.1. The number of nitrogens with one attached hydrogen (secondary N) is 1. The van der Waals surface area contributed by atoms with Gasteiger partial charge in [-0.2, -0.15) is 0 Å². The summed E-state index contributed by atoms with van der Waals surface area (Å²) in [6, 6.07) is 4.18. The molecule has 1 aromatic heterocycles. The Morgan fingerprint density at radius 1 is 1.04 bits per heavy atom. The second-order valence-electron chi connectivity index (χ2n) is 15.7. The van der Waals surface area contributed by atoms with E-state index in [1.54, 1.807) is 25.0 Å². The Bertz CT molecular complexity index is 1860. The summed E-state index contributed by atoms with van der Waals surface area (Å²) >= 11 is 0. The minimum absolute atomic E-state index is 0.0948. The van der Waals surface area contributed by atoms with Crippen molar-refractivity contribution in [3.8, 4) is 17.4 Å². The monoisotopic (exact) mass is 723 g/mol. The van der Waals surface area contributed by atoms with Crippen molar-refractivity contribution in [1.29, 1.82) is 0 Å². The number of hydrogen-bond donors (Lipinski definition) is 2. The summed E-state index contributed by atoms with van der Waals surface area (Å²) in [6.07, 6.45) is 12.1. The Hall–Kier alpha value is -3.71. The molecule has 13 heteroatoms. The molecule has 1 saturated heterocycles. The average Bonchev–Trinajstić information content (AvgIpc) is 3.96. The van der Waals surface area contributed by atoms with Crippen molar-refractivity contribution < 1.29 is 42.7 Å². The number of pyridine rings is 1. The van der Waals surface area contributed by atoms with Gasteiger partial charge < -0.3 is 24.8 Å². The predicted octanol–water partition coefficient (Wildman–Crippen LogP) is 3.93. The fourth-order valence-corrected chi connectivity index (χ4v) is 9.14. The van der Waals surface area contributed by atoms with E-state index in [1.807, 2.05) is 31.2 Å². The van der Waals surface area contributed by atoms with Crippen molar-refractivity contribution in [2.75, 3.05) is 13.7 Å². The van der Waals surface area contributed by atoms with E-state index in [1.165, 1.54) is 0 Å². The Balaban J connectivity index is 1.18. The number of aryl methyl sites for hydroxylation is 1. The average molecular weight is 724 g/mol. The number of ketones is 1. The number of carbonyl (C=O) groups excluding carboxylic acids is 3. The number of methoxy groups -OCH3 is 1. The lowest BCUT2D eigenvalue weighted by atomic mass is 9.91. The number of sulfonamides is 1. The van der Waals surface area contributed by atoms with Crippen molar-refractivity contribution in [3.05, 3.63) is 35.9 Å². The SMILES string of the molecule is COc1ccc2c(O[C@@H]3C[C@H]4C(=O)C[C@]5(C(=O)NS(=O)(=O)C6(C)CC6)C[C@@H]5/C=C\CCCCC[C@H]([NH3+])C(=O)N4C3)cc(OC3CCC3)nc2c1C. The molecule has 4 N–H and O–H groups in total. The van der Waals surface area contributed by atoms with Gasteiger partial charge in [0, 0.05) is 36.3 Å². The normalized spacial score (nSPS) is 30.2. The van der Waals surface area contributed by atoms with Gasteiger partial charge in [-0.25, -0.2) is 13.4 Å². The molecule has 2 aliphatic heterocycles. The van der Waals surface area contributed by atoms with Gasteiger partial charge in [0.05, 0.1) is 35.4 Å². The van der Waals surface area contributed by atoms with E-state index in [2.05, 4.69) is 10.5 Å². The maximum atomic E-state index is 14.4. The largest absolute Gasteiger partial charge is 0.496 e. The van der Waals surface area contributed by atoms with Crippen LogP contribution in [0.1, 0.15) is 96.0 Å². The number of benzene rings is 1. The van der Waals surface area contributed by atoms with Crippen molar-refractivity contribution in [2.45, 2.75) is 126 Å². The molecule has 2 amide bonds. The van der Waals surface area contributed by atoms with Crippen molar-refractivity contribution in [3.63, 3.8) is 0 Å². The molecule has 12 nitrogen and oxygen atoms in total. The molecule has 0 bridgehead atoms. The van der Waals surface area contributed by atoms with E-state index in [0.717, 1.165) is 55.9 Å². The summed E-state index contributed by atoms with van der Waals surface area (Å²) < 4.78 is 46.1. The standard InChI is InChI=1S/C38H50N4O8S/c1-23-31(48-3)15-14-27-32(19-33(40-34(23)27)50-25-11-9-12-25)49-26-18-29-30(43)21-38(36(45)41-51(46,47)37(2)16-17-37)20-24(38)10-7-5-4-6-8-13-28(39)35(44)42(29)22-26/h7,10,14-15,19,24-26,28-29H,4-6,8-9,11-13,16-18,20-22,39H2,1-3H3,(H,41,45)/p+1/b10-7-/t24-,26+,28-,29-,38+/m0/s1. The van der Waals surface area contributed by atoms with Crippen LogP contribution in [-0.4, -0.2) is 78.6 Å². The van der Waals surface area contributed by atoms with E-state index >= 15 is 0 Å². The molecular weight excluding hydrogens is 673 g/mol. The number of ether oxygens (including phenoxy) is 3. The van der Waals surface area contributed by atoms with E-state index in [4.69, 9.17) is 19.2 Å². The first-order valence-corrected chi connectivity index (χ1v) is 20.0. The molecule has 1 aromatic carbocycles. The molecule has 3 heterocycles. The van der Waals surface area contributed by atoms with E-state index in [9.17, 15) is 22.8 Å². The van der Waals surface area contributed by atoms with Gasteiger partial charge in [0.25, 0.3) is 5.91 Å². The number of amides is 2. The molecule has 3 saturated carbocycles. The summed E-state index contributed by atoms with van der Waals surface area (Å²) in [5.74, 6) is 0.312. The molecule has 3 aliphatic carbocycles. The Morgan fingerprint density at radius 3 is 2.53 bits per heavy atom. The molecule has 5 aliphatic rings. The number of aromatic nitrogens is 1. The number of nitrogens with zero attached hydrogens (tertiary/aromatic N) is 2. The van der Waals surface area contributed by atoms with Crippen LogP contribution in [0, 0.1) is 18.3 Å². The van der Waals surface area contributed by atoms with Gasteiger partial charge in [-0.05, 0) is 89.7 Å². The van der Waals surface area contributed by atoms with Crippen LogP contribution in [0.15, 0.2) is 30.4 Å². The zero-order valence-electron chi connectivity index (χ0n) is 29.9. The molecule has 0 unspecified atom stereocenters.